The predicted octanol–water partition coefficient (Wildman–Crippen LogP) is 4.65. The number of ether oxygens (including phenoxy) is 1. The van der Waals surface area contributed by atoms with Gasteiger partial charge in [0, 0.05) is 43.0 Å². The van der Waals surface area contributed by atoms with Crippen molar-refractivity contribution < 1.29 is 22.7 Å². The number of likely N-dealkylation sites (N-methyl/N-ethyl adjacent to an activating group) is 1. The van der Waals surface area contributed by atoms with E-state index in [0.717, 1.165) is 12.1 Å². The fraction of sp³-hybridized carbons (Fsp3) is 0.154. The van der Waals surface area contributed by atoms with Crippen LogP contribution in [0.15, 0.2) is 65.5 Å². The fourth-order valence-electron chi connectivity index (χ4n) is 4.38. The third kappa shape index (κ3) is 4.26. The van der Waals surface area contributed by atoms with Gasteiger partial charge >= 0.3 is 0 Å². The molecule has 0 radical (unpaired) electrons. The van der Waals surface area contributed by atoms with Crippen molar-refractivity contribution in [1.82, 2.24) is 15.2 Å². The highest BCUT2D eigenvalue weighted by molar-refractivity contribution is 5.95. The second-order valence-corrected chi connectivity index (χ2v) is 8.31. The molecule has 0 unspecified atom stereocenters. The van der Waals surface area contributed by atoms with Crippen molar-refractivity contribution in [1.29, 1.82) is 0 Å². The number of nitrogens with one attached hydrogen (secondary N) is 2. The molecule has 9 heteroatoms. The topological polar surface area (TPSA) is 74.4 Å². The molecule has 6 nitrogen and oxygen atoms in total. The minimum absolute atomic E-state index is 0.0147. The van der Waals surface area contributed by atoms with Gasteiger partial charge in [-0.15, -0.1) is 0 Å². The van der Waals surface area contributed by atoms with Crippen LogP contribution in [0.1, 0.15) is 27.7 Å². The van der Waals surface area contributed by atoms with E-state index in [4.69, 9.17) is 4.74 Å². The molecule has 1 amide bonds. The molecule has 0 spiro atoms. The maximum atomic E-state index is 14.1. The highest BCUT2D eigenvalue weighted by atomic mass is 19.2. The third-order valence-electron chi connectivity index (χ3n) is 6.06. The first-order valence-corrected chi connectivity index (χ1v) is 10.9. The number of benzene rings is 3. The smallest absolute Gasteiger partial charge is 0.256 e. The summed E-state index contributed by atoms with van der Waals surface area (Å²) >= 11 is 0. The average molecular weight is 479 g/mol. The number of rotatable bonds is 4. The van der Waals surface area contributed by atoms with Gasteiger partial charge in [-0.3, -0.25) is 9.59 Å². The van der Waals surface area contributed by atoms with Crippen LogP contribution in [0.25, 0.3) is 10.8 Å². The standard InChI is InChI=1S/C26H20F3N3O3/c1-32(26(34)14-4-2-6-16(8-14)35-17-7-3-5-15(27)9-17)23-13-30-12-22-24(23)18-10-20(28)21(29)11-19(18)25(33)31-22/h2-11,23,30H,12-13H2,1H3,(H,31,33)/t23-/m0/s1. The summed E-state index contributed by atoms with van der Waals surface area (Å²) < 4.78 is 47.1. The lowest BCUT2D eigenvalue weighted by molar-refractivity contribution is 0.0723. The summed E-state index contributed by atoms with van der Waals surface area (Å²) in [5, 5.41) is 3.43. The van der Waals surface area contributed by atoms with E-state index in [2.05, 4.69) is 10.3 Å². The molecule has 1 atom stereocenters. The van der Waals surface area contributed by atoms with Crippen molar-refractivity contribution in [3.05, 3.63) is 105 Å². The number of aromatic nitrogens is 1. The zero-order valence-corrected chi connectivity index (χ0v) is 18.6. The molecule has 0 saturated heterocycles. The Morgan fingerprint density at radius 2 is 1.66 bits per heavy atom. The lowest BCUT2D eigenvalue weighted by atomic mass is 9.93. The van der Waals surface area contributed by atoms with Gasteiger partial charge in [0.05, 0.1) is 11.4 Å². The van der Waals surface area contributed by atoms with Crippen LogP contribution >= 0.6 is 0 Å². The van der Waals surface area contributed by atoms with Crippen molar-refractivity contribution in [3.8, 4) is 11.5 Å². The number of hydrogen-bond acceptors (Lipinski definition) is 4. The molecule has 0 aliphatic carbocycles. The largest absolute Gasteiger partial charge is 0.457 e. The Labute approximate surface area is 198 Å². The van der Waals surface area contributed by atoms with E-state index in [1.807, 2.05) is 0 Å². The van der Waals surface area contributed by atoms with Gasteiger partial charge in [0.2, 0.25) is 0 Å². The van der Waals surface area contributed by atoms with Crippen LogP contribution in [0.5, 0.6) is 11.5 Å². The Morgan fingerprint density at radius 1 is 0.971 bits per heavy atom. The zero-order valence-electron chi connectivity index (χ0n) is 18.6. The average Bonchev–Trinajstić information content (AvgIpc) is 2.84. The summed E-state index contributed by atoms with van der Waals surface area (Å²) in [6, 6.07) is 13.4. The zero-order chi connectivity index (χ0) is 24.7. The lowest BCUT2D eigenvalue weighted by Gasteiger charge is -2.34. The molecule has 35 heavy (non-hydrogen) atoms. The van der Waals surface area contributed by atoms with Gasteiger partial charge in [-0.1, -0.05) is 12.1 Å². The summed E-state index contributed by atoms with van der Waals surface area (Å²) in [5.41, 5.74) is 0.851. The number of fused-ring (bicyclic) bond motifs is 3. The van der Waals surface area contributed by atoms with Gasteiger partial charge in [0.1, 0.15) is 17.3 Å². The van der Waals surface area contributed by atoms with Crippen molar-refractivity contribution in [2.75, 3.05) is 13.6 Å². The number of nitrogens with zero attached hydrogens (tertiary/aromatic N) is 1. The highest BCUT2D eigenvalue weighted by Crippen LogP contribution is 2.33. The van der Waals surface area contributed by atoms with Crippen LogP contribution in [-0.2, 0) is 6.54 Å². The van der Waals surface area contributed by atoms with E-state index in [1.165, 1.54) is 23.1 Å². The van der Waals surface area contributed by atoms with Gasteiger partial charge in [0.15, 0.2) is 11.6 Å². The molecular weight excluding hydrogens is 459 g/mol. The van der Waals surface area contributed by atoms with Crippen LogP contribution in [0, 0.1) is 17.5 Å². The first-order valence-electron chi connectivity index (χ1n) is 10.9. The molecule has 178 valence electrons. The molecular formula is C26H20F3N3O3. The molecule has 1 aliphatic heterocycles. The van der Waals surface area contributed by atoms with Crippen LogP contribution in [0.2, 0.25) is 0 Å². The van der Waals surface area contributed by atoms with E-state index in [1.54, 1.807) is 37.4 Å². The van der Waals surface area contributed by atoms with Gasteiger partial charge in [0.25, 0.3) is 11.5 Å². The lowest BCUT2D eigenvalue weighted by Crippen LogP contribution is -2.42. The second-order valence-electron chi connectivity index (χ2n) is 8.31. The van der Waals surface area contributed by atoms with E-state index >= 15 is 0 Å². The highest BCUT2D eigenvalue weighted by Gasteiger charge is 2.31. The molecule has 1 aromatic heterocycles. The molecule has 0 saturated carbocycles. The van der Waals surface area contributed by atoms with Crippen LogP contribution < -0.4 is 15.6 Å². The number of pyridine rings is 1. The van der Waals surface area contributed by atoms with Gasteiger partial charge in [-0.05, 0) is 47.9 Å². The molecule has 0 bridgehead atoms. The Hall–Kier alpha value is -4.11. The van der Waals surface area contributed by atoms with Crippen LogP contribution in [0.4, 0.5) is 13.2 Å². The number of carbonyl (C=O) groups is 1. The second kappa shape index (κ2) is 8.92. The number of aromatic amines is 1. The molecule has 0 fully saturated rings. The van der Waals surface area contributed by atoms with Crippen molar-refractivity contribution in [3.63, 3.8) is 0 Å². The SMILES string of the molecule is CN(C(=O)c1cccc(Oc2cccc(F)c2)c1)[C@H]1CNCc2[nH]c(=O)c3cc(F)c(F)cc3c21. The number of amides is 1. The Bertz CT molecular complexity index is 1520. The number of H-pyrrole nitrogens is 1. The summed E-state index contributed by atoms with van der Waals surface area (Å²) in [7, 11) is 1.60. The fourth-order valence-corrected chi connectivity index (χ4v) is 4.38. The third-order valence-corrected chi connectivity index (χ3v) is 6.06. The minimum Gasteiger partial charge on any atom is -0.457 e. The van der Waals surface area contributed by atoms with Gasteiger partial charge < -0.3 is 19.9 Å². The van der Waals surface area contributed by atoms with Crippen molar-refractivity contribution >= 4 is 16.7 Å². The monoisotopic (exact) mass is 479 g/mol. The Balaban J connectivity index is 1.50. The van der Waals surface area contributed by atoms with Crippen LogP contribution in [0.3, 0.4) is 0 Å². The van der Waals surface area contributed by atoms with E-state index in [-0.39, 0.29) is 22.4 Å². The molecule has 2 N–H and O–H groups in total. The number of halogens is 3. The molecule has 5 rings (SSSR count). The normalized spacial score (nSPS) is 15.0. The minimum atomic E-state index is -1.12. The van der Waals surface area contributed by atoms with E-state index < -0.39 is 29.1 Å². The summed E-state index contributed by atoms with van der Waals surface area (Å²) in [6.07, 6.45) is 0. The molecule has 3 aromatic carbocycles. The molecule has 2 heterocycles. The first kappa shape index (κ1) is 22.7. The maximum Gasteiger partial charge on any atom is 0.256 e. The maximum absolute atomic E-state index is 14.1. The van der Waals surface area contributed by atoms with Crippen molar-refractivity contribution in [2.45, 2.75) is 12.6 Å². The van der Waals surface area contributed by atoms with Gasteiger partial charge in [-0.2, -0.15) is 0 Å². The first-order chi connectivity index (χ1) is 16.8. The van der Waals surface area contributed by atoms with E-state index in [9.17, 15) is 22.8 Å². The number of hydrogen-bond donors (Lipinski definition) is 2. The Morgan fingerprint density at radius 3 is 2.40 bits per heavy atom. The van der Waals surface area contributed by atoms with E-state index in [0.29, 0.717) is 35.7 Å². The quantitative estimate of drug-likeness (QED) is 0.447. The summed E-state index contributed by atoms with van der Waals surface area (Å²) in [4.78, 5) is 30.1. The molecule has 1 aliphatic rings. The van der Waals surface area contributed by atoms with Crippen molar-refractivity contribution in [2.24, 2.45) is 0 Å². The van der Waals surface area contributed by atoms with Crippen LogP contribution in [-0.4, -0.2) is 29.4 Å². The predicted molar refractivity (Wildman–Crippen MR) is 124 cm³/mol. The summed E-state index contributed by atoms with van der Waals surface area (Å²) in [5.74, 6) is -2.34. The molecule has 4 aromatic rings. The Kier molecular flexibility index (Phi) is 5.78. The van der Waals surface area contributed by atoms with Gasteiger partial charge in [-0.25, -0.2) is 13.2 Å². The number of carbonyl (C=O) groups excluding carboxylic acids is 1. The summed E-state index contributed by atoms with van der Waals surface area (Å²) in [6.45, 7) is 0.657.